The van der Waals surface area contributed by atoms with Crippen LogP contribution in [-0.2, 0) is 0 Å². The van der Waals surface area contributed by atoms with E-state index in [1.54, 1.807) is 12.1 Å². The van der Waals surface area contributed by atoms with Crippen molar-refractivity contribution in [3.63, 3.8) is 0 Å². The molecule has 0 saturated heterocycles. The average molecular weight is 320 g/mol. The van der Waals surface area contributed by atoms with Gasteiger partial charge in [0.25, 0.3) is 0 Å². The van der Waals surface area contributed by atoms with E-state index in [1.165, 1.54) is 38.3 Å². The van der Waals surface area contributed by atoms with Gasteiger partial charge >= 0.3 is 0 Å². The molecule has 0 radical (unpaired) electrons. The lowest BCUT2D eigenvalue weighted by Gasteiger charge is -2.24. The second kappa shape index (κ2) is 7.35. The van der Waals surface area contributed by atoms with Crippen molar-refractivity contribution in [3.05, 3.63) is 45.1 Å². The van der Waals surface area contributed by atoms with Gasteiger partial charge in [-0.05, 0) is 30.5 Å². The lowest BCUT2D eigenvalue weighted by atomic mass is 9.95. The van der Waals surface area contributed by atoms with E-state index in [9.17, 15) is 15.2 Å². The number of nitro groups is 1. The van der Waals surface area contributed by atoms with Gasteiger partial charge in [0.05, 0.1) is 4.92 Å². The molecule has 22 heavy (non-hydrogen) atoms. The van der Waals surface area contributed by atoms with Gasteiger partial charge in [-0.3, -0.25) is 10.1 Å². The minimum Gasteiger partial charge on any atom is -0.508 e. The molecule has 2 N–H and O–H groups in total. The number of hydrogen-bond acceptors (Lipinski definition) is 4. The topological polar surface area (TPSA) is 75.4 Å². The fraction of sp³-hybridized carbons (Fsp3) is 0.438. The smallest absolute Gasteiger partial charge is 0.243 e. The van der Waals surface area contributed by atoms with E-state index in [4.69, 9.17) is 12.2 Å². The first-order valence-electron chi connectivity index (χ1n) is 7.44. The van der Waals surface area contributed by atoms with E-state index < -0.39 is 4.92 Å². The summed E-state index contributed by atoms with van der Waals surface area (Å²) in [5.41, 5.74) is 1.30. The van der Waals surface area contributed by atoms with E-state index in [2.05, 4.69) is 5.32 Å². The van der Waals surface area contributed by atoms with Gasteiger partial charge in [0, 0.05) is 24.6 Å². The van der Waals surface area contributed by atoms with Crippen LogP contribution >= 0.6 is 12.2 Å². The summed E-state index contributed by atoms with van der Waals surface area (Å²) in [6, 6.07) is 5.05. The molecule has 0 heterocycles. The number of phenolic OH excluding ortho intramolecular Hbond substituents is 1. The molecule has 0 bridgehead atoms. The molecule has 1 aromatic carbocycles. The number of benzene rings is 1. The van der Waals surface area contributed by atoms with Gasteiger partial charge in [-0.15, -0.1) is 0 Å². The Labute approximate surface area is 135 Å². The van der Waals surface area contributed by atoms with Crippen LogP contribution in [0.4, 0.5) is 0 Å². The summed E-state index contributed by atoms with van der Waals surface area (Å²) >= 11 is 5.45. The number of nitrogens with one attached hydrogen (secondary N) is 1. The highest BCUT2D eigenvalue weighted by Crippen LogP contribution is 2.22. The molecule has 6 heteroatoms. The minimum absolute atomic E-state index is 0.0346. The van der Waals surface area contributed by atoms with Crippen molar-refractivity contribution in [3.8, 4) is 5.75 Å². The number of nitrogens with zero attached hydrogens (tertiary/aromatic N) is 1. The van der Waals surface area contributed by atoms with Crippen molar-refractivity contribution in [2.75, 3.05) is 0 Å². The van der Waals surface area contributed by atoms with Gasteiger partial charge in [-0.25, -0.2) is 0 Å². The zero-order valence-corrected chi connectivity index (χ0v) is 13.4. The molecule has 0 aliphatic heterocycles. The van der Waals surface area contributed by atoms with Crippen molar-refractivity contribution in [2.24, 2.45) is 0 Å². The van der Waals surface area contributed by atoms with Crippen LogP contribution in [0.3, 0.4) is 0 Å². The molecule has 5 nitrogen and oxygen atoms in total. The summed E-state index contributed by atoms with van der Waals surface area (Å²) in [7, 11) is 0. The third-order valence-corrected chi connectivity index (χ3v) is 4.21. The molecule has 1 fully saturated rings. The van der Waals surface area contributed by atoms with E-state index in [1.807, 2.05) is 0 Å². The SMILES string of the molecule is CC(=Cc1ccc(O)cc1C(=S)NC1CCCCC1)[N+](=O)[O-]. The van der Waals surface area contributed by atoms with Crippen LogP contribution in [0.25, 0.3) is 6.08 Å². The van der Waals surface area contributed by atoms with Crippen molar-refractivity contribution in [1.82, 2.24) is 5.32 Å². The van der Waals surface area contributed by atoms with Crippen LogP contribution in [0.2, 0.25) is 0 Å². The Balaban J connectivity index is 2.24. The highest BCUT2D eigenvalue weighted by molar-refractivity contribution is 7.80. The number of thiocarbonyl (C=S) groups is 1. The van der Waals surface area contributed by atoms with E-state index in [0.29, 0.717) is 22.2 Å². The molecule has 0 aromatic heterocycles. The summed E-state index contributed by atoms with van der Waals surface area (Å²) in [6.07, 6.45) is 7.27. The molecule has 1 aromatic rings. The van der Waals surface area contributed by atoms with Crippen LogP contribution in [0, 0.1) is 10.1 Å². The third-order valence-electron chi connectivity index (χ3n) is 3.87. The summed E-state index contributed by atoms with van der Waals surface area (Å²) in [5.74, 6) is 0.0960. The van der Waals surface area contributed by atoms with Gasteiger partial charge < -0.3 is 10.4 Å². The first-order chi connectivity index (χ1) is 10.5. The zero-order valence-electron chi connectivity index (χ0n) is 12.5. The molecule has 118 valence electrons. The first kappa shape index (κ1) is 16.4. The summed E-state index contributed by atoms with van der Waals surface area (Å²) in [4.78, 5) is 10.9. The Hall–Kier alpha value is -1.95. The fourth-order valence-corrected chi connectivity index (χ4v) is 3.00. The molecular formula is C16H20N2O3S. The quantitative estimate of drug-likeness (QED) is 0.503. The Morgan fingerprint density at radius 3 is 2.73 bits per heavy atom. The minimum atomic E-state index is -0.436. The van der Waals surface area contributed by atoms with Crippen LogP contribution in [0.5, 0.6) is 5.75 Å². The Bertz CT molecular complexity index is 607. The van der Waals surface area contributed by atoms with Gasteiger partial charge in [-0.1, -0.05) is 37.5 Å². The maximum Gasteiger partial charge on any atom is 0.243 e. The highest BCUT2D eigenvalue weighted by Gasteiger charge is 2.17. The van der Waals surface area contributed by atoms with Crippen LogP contribution in [0.15, 0.2) is 23.9 Å². The standard InChI is InChI=1S/C16H20N2O3S/c1-11(18(20)21)9-12-7-8-14(19)10-15(12)16(22)17-13-5-3-2-4-6-13/h7-10,13,19H,2-6H2,1H3,(H,17,22). The second-order valence-electron chi connectivity index (χ2n) is 5.62. The van der Waals surface area contributed by atoms with Gasteiger partial charge in [0.1, 0.15) is 10.7 Å². The maximum absolute atomic E-state index is 10.8. The Morgan fingerprint density at radius 1 is 1.41 bits per heavy atom. The number of aromatic hydroxyl groups is 1. The predicted molar refractivity (Wildman–Crippen MR) is 90.5 cm³/mol. The van der Waals surface area contributed by atoms with Crippen molar-refractivity contribution >= 4 is 23.3 Å². The van der Waals surface area contributed by atoms with E-state index >= 15 is 0 Å². The van der Waals surface area contributed by atoms with Crippen LogP contribution < -0.4 is 5.32 Å². The number of allylic oxidation sites excluding steroid dienone is 1. The van der Waals surface area contributed by atoms with Crippen LogP contribution in [0.1, 0.15) is 50.2 Å². The zero-order chi connectivity index (χ0) is 16.1. The summed E-state index contributed by atoms with van der Waals surface area (Å²) in [6.45, 7) is 1.44. The fourth-order valence-electron chi connectivity index (χ4n) is 2.65. The summed E-state index contributed by atoms with van der Waals surface area (Å²) < 4.78 is 0. The van der Waals surface area contributed by atoms with Gasteiger partial charge in [0.15, 0.2) is 0 Å². The Kier molecular flexibility index (Phi) is 5.49. The van der Waals surface area contributed by atoms with Gasteiger partial charge in [0.2, 0.25) is 5.70 Å². The molecular weight excluding hydrogens is 300 g/mol. The van der Waals surface area contributed by atoms with Gasteiger partial charge in [-0.2, -0.15) is 0 Å². The molecule has 0 amide bonds. The number of rotatable bonds is 4. The molecule has 0 atom stereocenters. The van der Waals surface area contributed by atoms with Crippen molar-refractivity contribution in [2.45, 2.75) is 45.1 Å². The lowest BCUT2D eigenvalue weighted by Crippen LogP contribution is -2.35. The molecule has 1 aliphatic rings. The van der Waals surface area contributed by atoms with E-state index in [0.717, 1.165) is 12.8 Å². The normalized spacial score (nSPS) is 16.3. The predicted octanol–water partition coefficient (Wildman–Crippen LogP) is 3.63. The first-order valence-corrected chi connectivity index (χ1v) is 7.85. The molecule has 2 rings (SSSR count). The largest absolute Gasteiger partial charge is 0.508 e. The summed E-state index contributed by atoms with van der Waals surface area (Å²) in [5, 5.41) is 23.8. The van der Waals surface area contributed by atoms with Crippen molar-refractivity contribution < 1.29 is 10.0 Å². The number of hydrogen-bond donors (Lipinski definition) is 2. The van der Waals surface area contributed by atoms with E-state index in [-0.39, 0.29) is 11.4 Å². The lowest BCUT2D eigenvalue weighted by molar-refractivity contribution is -0.422. The van der Waals surface area contributed by atoms with Crippen molar-refractivity contribution in [1.29, 1.82) is 0 Å². The molecule has 1 aliphatic carbocycles. The Morgan fingerprint density at radius 2 is 2.09 bits per heavy atom. The molecule has 0 unspecified atom stereocenters. The monoisotopic (exact) mass is 320 g/mol. The molecule has 0 spiro atoms. The maximum atomic E-state index is 10.8. The average Bonchev–Trinajstić information content (AvgIpc) is 2.49. The molecule has 1 saturated carbocycles. The van der Waals surface area contributed by atoms with Crippen LogP contribution in [-0.4, -0.2) is 21.1 Å². The highest BCUT2D eigenvalue weighted by atomic mass is 32.1. The second-order valence-corrected chi connectivity index (χ2v) is 6.03. The number of phenols is 1. The third kappa shape index (κ3) is 4.27.